The molecule has 18 heavy (non-hydrogen) atoms. The minimum atomic E-state index is 0.301. The van der Waals surface area contributed by atoms with Crippen LogP contribution in [0, 0.1) is 0 Å². The molecular formula is C11H17ClN4OS. The molecule has 5 nitrogen and oxygen atoms in total. The monoisotopic (exact) mass is 288 g/mol. The van der Waals surface area contributed by atoms with E-state index < -0.39 is 0 Å². The highest BCUT2D eigenvalue weighted by atomic mass is 35.5. The van der Waals surface area contributed by atoms with Crippen LogP contribution < -0.4 is 10.6 Å². The quantitative estimate of drug-likeness (QED) is 0.797. The molecule has 1 saturated heterocycles. The van der Waals surface area contributed by atoms with Crippen LogP contribution in [-0.2, 0) is 11.3 Å². The summed E-state index contributed by atoms with van der Waals surface area (Å²) in [5.41, 5.74) is 0. The number of rotatable bonds is 5. The maximum absolute atomic E-state index is 5.77. The molecule has 1 aromatic rings. The molecule has 0 aromatic carbocycles. The van der Waals surface area contributed by atoms with E-state index in [0.29, 0.717) is 16.2 Å². The van der Waals surface area contributed by atoms with E-state index in [9.17, 15) is 0 Å². The maximum atomic E-state index is 5.77. The summed E-state index contributed by atoms with van der Waals surface area (Å²) >= 11 is 10.9. The van der Waals surface area contributed by atoms with Crippen molar-refractivity contribution in [3.8, 4) is 0 Å². The number of hydrogen-bond acceptors (Lipinski definition) is 3. The number of hydrogen-bond donors (Lipinski definition) is 2. The fourth-order valence-electron chi connectivity index (χ4n) is 1.82. The molecule has 1 aromatic heterocycles. The zero-order chi connectivity index (χ0) is 12.8. The van der Waals surface area contributed by atoms with E-state index in [0.717, 1.165) is 39.1 Å². The zero-order valence-corrected chi connectivity index (χ0v) is 11.6. The van der Waals surface area contributed by atoms with Crippen LogP contribution in [0.25, 0.3) is 0 Å². The summed E-state index contributed by atoms with van der Waals surface area (Å²) in [4.78, 5) is 0. The Labute approximate surface area is 117 Å². The smallest absolute Gasteiger partial charge is 0.166 e. The molecule has 0 radical (unpaired) electrons. The van der Waals surface area contributed by atoms with Gasteiger partial charge < -0.3 is 15.4 Å². The van der Waals surface area contributed by atoms with Crippen LogP contribution in [-0.4, -0.2) is 40.7 Å². The van der Waals surface area contributed by atoms with Crippen molar-refractivity contribution in [1.29, 1.82) is 0 Å². The van der Waals surface area contributed by atoms with Crippen molar-refractivity contribution >= 4 is 28.9 Å². The lowest BCUT2D eigenvalue weighted by Crippen LogP contribution is -2.40. The molecule has 0 aliphatic carbocycles. The van der Waals surface area contributed by atoms with Crippen molar-refractivity contribution in [2.45, 2.75) is 25.5 Å². The Kier molecular flexibility index (Phi) is 5.22. The number of ether oxygens (including phenoxy) is 1. The van der Waals surface area contributed by atoms with Gasteiger partial charge in [-0.3, -0.25) is 4.68 Å². The lowest BCUT2D eigenvalue weighted by molar-refractivity contribution is 0.114. The number of thiocarbonyl (C=S) groups is 1. The van der Waals surface area contributed by atoms with Gasteiger partial charge in [0.1, 0.15) is 0 Å². The fourth-order valence-corrected chi connectivity index (χ4v) is 2.16. The Morgan fingerprint density at radius 3 is 3.17 bits per heavy atom. The Bertz CT molecular complexity index is 392. The number of nitrogens with one attached hydrogen (secondary N) is 2. The van der Waals surface area contributed by atoms with Crippen LogP contribution in [0.4, 0.5) is 0 Å². The molecule has 7 heteroatoms. The van der Waals surface area contributed by atoms with Crippen molar-refractivity contribution in [1.82, 2.24) is 20.4 Å². The summed E-state index contributed by atoms with van der Waals surface area (Å²) in [5.74, 6) is 0. The van der Waals surface area contributed by atoms with Gasteiger partial charge in [-0.25, -0.2) is 0 Å². The second kappa shape index (κ2) is 6.92. The second-order valence-corrected chi connectivity index (χ2v) is 5.04. The molecule has 1 aliphatic rings. The Morgan fingerprint density at radius 2 is 2.50 bits per heavy atom. The minimum Gasteiger partial charge on any atom is -0.376 e. The standard InChI is InChI=1S/C11H17ClN4OS/c12-9-6-15-16(8-9)4-3-13-11(18)14-7-10-2-1-5-17-10/h6,8,10H,1-5,7H2,(H2,13,14,18)/t10-/m0/s1. The first-order valence-corrected chi connectivity index (χ1v) is 6.84. The van der Waals surface area contributed by atoms with E-state index in [4.69, 9.17) is 28.6 Å². The summed E-state index contributed by atoms with van der Waals surface area (Å²) in [5, 5.41) is 11.7. The molecule has 0 amide bonds. The number of halogens is 1. The third kappa shape index (κ3) is 4.44. The molecule has 0 saturated carbocycles. The van der Waals surface area contributed by atoms with E-state index in [2.05, 4.69) is 15.7 Å². The summed E-state index contributed by atoms with van der Waals surface area (Å²) in [6.45, 7) is 3.09. The van der Waals surface area contributed by atoms with Gasteiger partial charge in [-0.1, -0.05) is 11.6 Å². The molecule has 0 bridgehead atoms. The van der Waals surface area contributed by atoms with Crippen LogP contribution >= 0.6 is 23.8 Å². The first-order chi connectivity index (χ1) is 8.74. The molecule has 2 N–H and O–H groups in total. The van der Waals surface area contributed by atoms with E-state index in [-0.39, 0.29) is 0 Å². The van der Waals surface area contributed by atoms with Crippen LogP contribution in [0.3, 0.4) is 0 Å². The van der Waals surface area contributed by atoms with Crippen LogP contribution in [0.5, 0.6) is 0 Å². The Morgan fingerprint density at radius 1 is 1.61 bits per heavy atom. The summed E-state index contributed by atoms with van der Waals surface area (Å²) in [7, 11) is 0. The Balaban J connectivity index is 1.57. The average molecular weight is 289 g/mol. The van der Waals surface area contributed by atoms with Gasteiger partial charge in [0.15, 0.2) is 5.11 Å². The van der Waals surface area contributed by atoms with Gasteiger partial charge in [-0.05, 0) is 25.1 Å². The van der Waals surface area contributed by atoms with E-state index in [1.807, 2.05) is 0 Å². The third-order valence-corrected chi connectivity index (χ3v) is 3.23. The van der Waals surface area contributed by atoms with Crippen molar-refractivity contribution in [2.75, 3.05) is 19.7 Å². The van der Waals surface area contributed by atoms with E-state index in [1.165, 1.54) is 0 Å². The lowest BCUT2D eigenvalue weighted by Gasteiger charge is -2.13. The topological polar surface area (TPSA) is 51.1 Å². The van der Waals surface area contributed by atoms with E-state index >= 15 is 0 Å². The lowest BCUT2D eigenvalue weighted by atomic mass is 10.2. The van der Waals surface area contributed by atoms with Gasteiger partial charge in [0.05, 0.1) is 23.9 Å². The van der Waals surface area contributed by atoms with Crippen molar-refractivity contribution in [2.24, 2.45) is 0 Å². The predicted molar refractivity (Wildman–Crippen MR) is 74.8 cm³/mol. The molecule has 1 fully saturated rings. The highest BCUT2D eigenvalue weighted by Crippen LogP contribution is 2.10. The molecular weight excluding hydrogens is 272 g/mol. The summed E-state index contributed by atoms with van der Waals surface area (Å²) in [6.07, 6.45) is 5.96. The third-order valence-electron chi connectivity index (χ3n) is 2.74. The van der Waals surface area contributed by atoms with Gasteiger partial charge in [0, 0.05) is 25.9 Å². The molecule has 0 unspecified atom stereocenters. The molecule has 1 aliphatic heterocycles. The molecule has 1 atom stereocenters. The summed E-state index contributed by atoms with van der Waals surface area (Å²) < 4.78 is 7.28. The van der Waals surface area contributed by atoms with Gasteiger partial charge in [-0.2, -0.15) is 5.10 Å². The predicted octanol–water partition coefficient (Wildman–Crippen LogP) is 1.18. The first kappa shape index (κ1) is 13.6. The maximum Gasteiger partial charge on any atom is 0.166 e. The SMILES string of the molecule is S=C(NCCn1cc(Cl)cn1)NC[C@@H]1CCCO1. The van der Waals surface area contributed by atoms with Gasteiger partial charge in [-0.15, -0.1) is 0 Å². The van der Waals surface area contributed by atoms with Crippen molar-refractivity contribution < 1.29 is 4.74 Å². The first-order valence-electron chi connectivity index (χ1n) is 6.05. The van der Waals surface area contributed by atoms with Crippen LogP contribution in [0.2, 0.25) is 5.02 Å². The highest BCUT2D eigenvalue weighted by Gasteiger charge is 2.14. The van der Waals surface area contributed by atoms with Crippen molar-refractivity contribution in [3.63, 3.8) is 0 Å². The molecule has 2 rings (SSSR count). The average Bonchev–Trinajstić information content (AvgIpc) is 2.98. The largest absolute Gasteiger partial charge is 0.376 e. The van der Waals surface area contributed by atoms with Gasteiger partial charge in [0.25, 0.3) is 0 Å². The normalized spacial score (nSPS) is 18.8. The van der Waals surface area contributed by atoms with Crippen LogP contribution in [0.1, 0.15) is 12.8 Å². The second-order valence-electron chi connectivity index (χ2n) is 4.19. The molecule has 2 heterocycles. The number of nitrogens with zero attached hydrogens (tertiary/aromatic N) is 2. The minimum absolute atomic E-state index is 0.301. The van der Waals surface area contributed by atoms with E-state index in [1.54, 1.807) is 17.1 Å². The molecule has 0 spiro atoms. The summed E-state index contributed by atoms with van der Waals surface area (Å²) in [6, 6.07) is 0. The Hall–Kier alpha value is -0.850. The van der Waals surface area contributed by atoms with Gasteiger partial charge in [0.2, 0.25) is 0 Å². The van der Waals surface area contributed by atoms with Gasteiger partial charge >= 0.3 is 0 Å². The van der Waals surface area contributed by atoms with Crippen LogP contribution in [0.15, 0.2) is 12.4 Å². The molecule has 100 valence electrons. The zero-order valence-electron chi connectivity index (χ0n) is 10.1. The fraction of sp³-hybridized carbons (Fsp3) is 0.636. The number of aromatic nitrogens is 2. The van der Waals surface area contributed by atoms with Crippen molar-refractivity contribution in [3.05, 3.63) is 17.4 Å². The highest BCUT2D eigenvalue weighted by molar-refractivity contribution is 7.80.